The predicted octanol–water partition coefficient (Wildman–Crippen LogP) is 5.32. The predicted molar refractivity (Wildman–Crippen MR) is 134 cm³/mol. The molecule has 35 heavy (non-hydrogen) atoms. The number of pyridine rings is 2. The summed E-state index contributed by atoms with van der Waals surface area (Å²) in [5, 5.41) is 6.17. The number of halogens is 1. The van der Waals surface area contributed by atoms with Crippen LogP contribution >= 0.6 is 11.6 Å². The normalized spacial score (nSPS) is 19.3. The van der Waals surface area contributed by atoms with E-state index in [2.05, 4.69) is 44.4 Å². The quantitative estimate of drug-likeness (QED) is 0.250. The highest BCUT2D eigenvalue weighted by molar-refractivity contribution is 6.30. The molecule has 0 radical (unpaired) electrons. The molecule has 9 heteroatoms. The van der Waals surface area contributed by atoms with Crippen molar-refractivity contribution in [3.63, 3.8) is 0 Å². The zero-order chi connectivity index (χ0) is 23.5. The Balaban J connectivity index is 1.09. The van der Waals surface area contributed by atoms with E-state index in [1.54, 1.807) is 6.20 Å². The van der Waals surface area contributed by atoms with E-state index >= 15 is 0 Å². The van der Waals surface area contributed by atoms with Crippen LogP contribution in [0, 0.1) is 4.91 Å². The highest BCUT2D eigenvalue weighted by atomic mass is 35.5. The number of hydrazine groups is 1. The molecule has 0 spiro atoms. The van der Waals surface area contributed by atoms with Crippen LogP contribution in [-0.4, -0.2) is 35.1 Å². The van der Waals surface area contributed by atoms with Gasteiger partial charge in [0.05, 0.1) is 34.0 Å². The largest absolute Gasteiger partial charge is 0.306 e. The van der Waals surface area contributed by atoms with Crippen molar-refractivity contribution in [2.45, 2.75) is 43.7 Å². The first kappa shape index (κ1) is 20.6. The number of nitroso groups, excluding NO2 is 1. The molecule has 2 aliphatic rings. The summed E-state index contributed by atoms with van der Waals surface area (Å²) in [6, 6.07) is 13.7. The number of nitrogens with zero attached hydrogens (tertiary/aromatic N) is 6. The summed E-state index contributed by atoms with van der Waals surface area (Å²) in [7, 11) is 0. The van der Waals surface area contributed by atoms with Crippen LogP contribution in [0.1, 0.15) is 47.9 Å². The minimum Gasteiger partial charge on any atom is -0.306 e. The lowest BCUT2D eigenvalue weighted by molar-refractivity contribution is -0.533. The van der Waals surface area contributed by atoms with Gasteiger partial charge < -0.3 is 4.40 Å². The SMILES string of the molecule is O=[N+](Nc1nccc2nn(Cc3cn4cc(C5CC5)ccc4n3)cc12)[C@H]1C[C@@H]1c1cccc(Cl)c1. The fourth-order valence-electron chi connectivity index (χ4n) is 4.85. The monoisotopic (exact) mass is 484 g/mol. The maximum atomic E-state index is 12.9. The van der Waals surface area contributed by atoms with E-state index in [4.69, 9.17) is 16.6 Å². The van der Waals surface area contributed by atoms with Crippen molar-refractivity contribution >= 4 is 34.0 Å². The average molecular weight is 485 g/mol. The van der Waals surface area contributed by atoms with Crippen molar-refractivity contribution in [1.29, 1.82) is 0 Å². The lowest BCUT2D eigenvalue weighted by atomic mass is 10.1. The first-order valence-corrected chi connectivity index (χ1v) is 12.3. The molecule has 4 heterocycles. The molecule has 0 unspecified atom stereocenters. The van der Waals surface area contributed by atoms with Crippen LogP contribution in [0.5, 0.6) is 0 Å². The summed E-state index contributed by atoms with van der Waals surface area (Å²) in [5.74, 6) is 1.37. The Labute approximate surface area is 206 Å². The van der Waals surface area contributed by atoms with Gasteiger partial charge in [-0.2, -0.15) is 5.10 Å². The van der Waals surface area contributed by atoms with E-state index in [1.165, 1.54) is 18.4 Å². The molecule has 1 N–H and O–H groups in total. The second-order valence-corrected chi connectivity index (χ2v) is 9.99. The number of imidazole rings is 1. The summed E-state index contributed by atoms with van der Waals surface area (Å²) < 4.78 is 3.95. The zero-order valence-electron chi connectivity index (χ0n) is 18.9. The van der Waals surface area contributed by atoms with Gasteiger partial charge in [0.15, 0.2) is 5.82 Å². The number of rotatable bonds is 7. The number of hydrogen-bond acceptors (Lipinski definition) is 4. The molecule has 8 nitrogen and oxygen atoms in total. The molecular formula is C26H23ClN7O+. The summed E-state index contributed by atoms with van der Waals surface area (Å²) in [4.78, 5) is 22.9. The van der Waals surface area contributed by atoms with E-state index in [0.29, 0.717) is 23.3 Å². The molecule has 7 rings (SSSR count). The number of fused-ring (bicyclic) bond motifs is 2. The Bertz CT molecular complexity index is 1600. The molecule has 2 aliphatic carbocycles. The molecule has 0 amide bonds. The molecule has 0 aliphatic heterocycles. The molecule has 0 bridgehead atoms. The second-order valence-electron chi connectivity index (χ2n) is 9.56. The van der Waals surface area contributed by atoms with Gasteiger partial charge in [0.1, 0.15) is 10.5 Å². The third-order valence-corrected chi connectivity index (χ3v) is 7.16. The van der Waals surface area contributed by atoms with E-state index in [0.717, 1.165) is 39.1 Å². The molecule has 0 saturated heterocycles. The van der Waals surface area contributed by atoms with E-state index in [1.807, 2.05) is 41.2 Å². The minimum atomic E-state index is -0.154. The summed E-state index contributed by atoms with van der Waals surface area (Å²) in [6.07, 6.45) is 11.2. The van der Waals surface area contributed by atoms with Crippen molar-refractivity contribution in [3.05, 3.63) is 94.0 Å². The highest BCUT2D eigenvalue weighted by Crippen LogP contribution is 2.43. The van der Waals surface area contributed by atoms with Crippen LogP contribution < -0.4 is 5.43 Å². The fourth-order valence-corrected chi connectivity index (χ4v) is 5.05. The van der Waals surface area contributed by atoms with Gasteiger partial charge in [-0.1, -0.05) is 29.8 Å². The molecule has 2 fully saturated rings. The Kier molecular flexibility index (Phi) is 4.63. The Hall–Kier alpha value is -3.78. The number of hydrogen-bond donors (Lipinski definition) is 1. The summed E-state index contributed by atoms with van der Waals surface area (Å²) in [5.41, 5.74) is 8.05. The van der Waals surface area contributed by atoms with Gasteiger partial charge in [-0.05, 0) is 54.2 Å². The van der Waals surface area contributed by atoms with E-state index in [9.17, 15) is 4.91 Å². The molecule has 5 aromatic rings. The molecule has 2 atom stereocenters. The number of aromatic nitrogens is 5. The number of anilines is 1. The minimum absolute atomic E-state index is 0.154. The standard InChI is InChI=1S/C26H23ClN7O/c27-19-3-1-2-17(10-19)21-11-24(21)34(35)31-26-22-15-33(30-23(22)8-9-28-26)14-20-13-32-12-18(16-4-5-16)6-7-25(32)29-20/h1-3,6-10,12-13,15-16,21,24H,4-5,11,14H2,(H,28,31,35)/q+1/t21-,24+/m1/s1. The Morgan fingerprint density at radius 2 is 2.00 bits per heavy atom. The zero-order valence-corrected chi connectivity index (χ0v) is 19.6. The Morgan fingerprint density at radius 1 is 1.09 bits per heavy atom. The van der Waals surface area contributed by atoms with E-state index in [-0.39, 0.29) is 12.0 Å². The van der Waals surface area contributed by atoms with Crippen molar-refractivity contribution in [1.82, 2.24) is 24.1 Å². The van der Waals surface area contributed by atoms with Gasteiger partial charge in [-0.25, -0.2) is 9.97 Å². The van der Waals surface area contributed by atoms with Gasteiger partial charge in [-0.15, -0.1) is 5.43 Å². The van der Waals surface area contributed by atoms with Gasteiger partial charge in [0.25, 0.3) is 0 Å². The lowest BCUT2D eigenvalue weighted by Crippen LogP contribution is -2.20. The van der Waals surface area contributed by atoms with Crippen LogP contribution in [0.2, 0.25) is 5.02 Å². The van der Waals surface area contributed by atoms with E-state index < -0.39 is 0 Å². The highest BCUT2D eigenvalue weighted by Gasteiger charge is 2.52. The molecule has 2 saturated carbocycles. The van der Waals surface area contributed by atoms with Gasteiger partial charge in [-0.3, -0.25) is 4.68 Å². The molecule has 1 aromatic carbocycles. The van der Waals surface area contributed by atoms with Crippen molar-refractivity contribution in [2.75, 3.05) is 5.43 Å². The third-order valence-electron chi connectivity index (χ3n) is 6.93. The second kappa shape index (κ2) is 7.88. The number of nitrogens with one attached hydrogen (secondary N) is 1. The molecular weight excluding hydrogens is 462 g/mol. The lowest BCUT2D eigenvalue weighted by Gasteiger charge is -1.99. The van der Waals surface area contributed by atoms with Crippen molar-refractivity contribution in [2.24, 2.45) is 0 Å². The summed E-state index contributed by atoms with van der Waals surface area (Å²) in [6.45, 7) is 0.537. The van der Waals surface area contributed by atoms with Crippen LogP contribution in [0.4, 0.5) is 5.82 Å². The average Bonchev–Trinajstić information content (AvgIpc) is 3.76. The van der Waals surface area contributed by atoms with Crippen LogP contribution in [0.3, 0.4) is 0 Å². The topological polar surface area (TPSA) is 80.1 Å². The molecule has 174 valence electrons. The fraction of sp³-hybridized carbons (Fsp3) is 0.269. The third kappa shape index (κ3) is 3.93. The van der Waals surface area contributed by atoms with Crippen LogP contribution in [0.25, 0.3) is 16.6 Å². The maximum Gasteiger partial charge on any atom is 0.242 e. The van der Waals surface area contributed by atoms with Crippen molar-refractivity contribution < 1.29 is 4.87 Å². The summed E-state index contributed by atoms with van der Waals surface area (Å²) >= 11 is 6.11. The first-order chi connectivity index (χ1) is 17.1. The molecule has 4 aromatic heterocycles. The number of benzene rings is 1. The van der Waals surface area contributed by atoms with Gasteiger partial charge in [0.2, 0.25) is 6.04 Å². The van der Waals surface area contributed by atoms with Crippen LogP contribution in [-0.2, 0) is 6.54 Å². The van der Waals surface area contributed by atoms with Gasteiger partial charge >= 0.3 is 0 Å². The van der Waals surface area contributed by atoms with Gasteiger partial charge in [0, 0.05) is 36.2 Å². The maximum absolute atomic E-state index is 12.9. The first-order valence-electron chi connectivity index (χ1n) is 11.9. The van der Waals surface area contributed by atoms with Crippen molar-refractivity contribution in [3.8, 4) is 0 Å². The van der Waals surface area contributed by atoms with Crippen LogP contribution in [0.15, 0.2) is 67.3 Å². The Morgan fingerprint density at radius 3 is 2.86 bits per heavy atom. The smallest absolute Gasteiger partial charge is 0.242 e.